The maximum atomic E-state index is 12.0. The Bertz CT molecular complexity index is 889. The molecule has 0 saturated heterocycles. The summed E-state index contributed by atoms with van der Waals surface area (Å²) in [5.74, 6) is -0.267. The lowest BCUT2D eigenvalue weighted by Crippen LogP contribution is -2.33. The van der Waals surface area contributed by atoms with Crippen molar-refractivity contribution in [3.63, 3.8) is 0 Å². The minimum atomic E-state index is -0.294. The first-order valence-corrected chi connectivity index (χ1v) is 8.32. The summed E-state index contributed by atoms with van der Waals surface area (Å²) in [6.07, 6.45) is 8.48. The van der Waals surface area contributed by atoms with E-state index < -0.39 is 0 Å². The number of aromatic nitrogens is 3. The lowest BCUT2D eigenvalue weighted by molar-refractivity contribution is -0.117. The highest BCUT2D eigenvalue weighted by Gasteiger charge is 2.11. The van der Waals surface area contributed by atoms with Gasteiger partial charge in [-0.05, 0) is 37.3 Å². The van der Waals surface area contributed by atoms with E-state index in [0.29, 0.717) is 0 Å². The first kappa shape index (κ1) is 17.6. The highest BCUT2D eigenvalue weighted by Crippen LogP contribution is 2.24. The molecule has 1 unspecified atom stereocenters. The summed E-state index contributed by atoms with van der Waals surface area (Å²) in [6.45, 7) is 1.63. The van der Waals surface area contributed by atoms with Crippen molar-refractivity contribution in [3.8, 4) is 16.9 Å². The van der Waals surface area contributed by atoms with Gasteiger partial charge in [0, 0.05) is 41.8 Å². The molecule has 0 aliphatic heterocycles. The number of carbonyl (C=O) groups excluding carboxylic acids is 1. The molecule has 0 saturated carbocycles. The maximum absolute atomic E-state index is 12.0. The summed E-state index contributed by atoms with van der Waals surface area (Å²) < 4.78 is 1.77. The van der Waals surface area contributed by atoms with Crippen molar-refractivity contribution in [1.29, 1.82) is 0 Å². The van der Waals surface area contributed by atoms with Crippen LogP contribution < -0.4 is 5.32 Å². The number of aliphatic hydroxyl groups is 1. The van der Waals surface area contributed by atoms with Gasteiger partial charge in [-0.3, -0.25) is 9.78 Å². The Morgan fingerprint density at radius 1 is 1.27 bits per heavy atom. The van der Waals surface area contributed by atoms with E-state index in [0.717, 1.165) is 22.5 Å². The number of para-hydroxylation sites is 1. The van der Waals surface area contributed by atoms with Gasteiger partial charge in [-0.2, -0.15) is 5.10 Å². The SMILES string of the molecule is CC(CO)NC(=O)/C=C/c1cn(-c2ccccc2)nc1-c1cccnc1. The first-order valence-electron chi connectivity index (χ1n) is 8.32. The van der Waals surface area contributed by atoms with E-state index in [9.17, 15) is 4.79 Å². The molecule has 3 aromatic rings. The first-order chi connectivity index (χ1) is 12.7. The van der Waals surface area contributed by atoms with Gasteiger partial charge in [-0.15, -0.1) is 0 Å². The maximum Gasteiger partial charge on any atom is 0.244 e. The molecule has 2 aromatic heterocycles. The van der Waals surface area contributed by atoms with Crippen molar-refractivity contribution in [2.75, 3.05) is 6.61 Å². The number of rotatable bonds is 6. The van der Waals surface area contributed by atoms with E-state index in [4.69, 9.17) is 5.11 Å². The van der Waals surface area contributed by atoms with Crippen LogP contribution in [0.1, 0.15) is 12.5 Å². The van der Waals surface area contributed by atoms with Crippen LogP contribution in [0.25, 0.3) is 23.0 Å². The van der Waals surface area contributed by atoms with Gasteiger partial charge in [0.25, 0.3) is 0 Å². The van der Waals surface area contributed by atoms with Crippen molar-refractivity contribution >= 4 is 12.0 Å². The van der Waals surface area contributed by atoms with Crippen molar-refractivity contribution in [2.24, 2.45) is 0 Å². The second-order valence-electron chi connectivity index (χ2n) is 5.88. The van der Waals surface area contributed by atoms with E-state index >= 15 is 0 Å². The molecule has 3 rings (SSSR count). The molecule has 26 heavy (non-hydrogen) atoms. The number of nitrogens with zero attached hydrogens (tertiary/aromatic N) is 3. The number of pyridine rings is 1. The zero-order valence-electron chi connectivity index (χ0n) is 14.4. The van der Waals surface area contributed by atoms with E-state index in [2.05, 4.69) is 15.4 Å². The molecule has 0 spiro atoms. The van der Waals surface area contributed by atoms with E-state index in [1.807, 2.05) is 48.7 Å². The highest BCUT2D eigenvalue weighted by atomic mass is 16.3. The van der Waals surface area contributed by atoms with Crippen LogP contribution in [-0.2, 0) is 4.79 Å². The van der Waals surface area contributed by atoms with E-state index in [-0.39, 0.29) is 18.6 Å². The van der Waals surface area contributed by atoms with Gasteiger partial charge in [0.15, 0.2) is 0 Å². The quantitative estimate of drug-likeness (QED) is 0.671. The molecule has 0 aliphatic rings. The predicted molar refractivity (Wildman–Crippen MR) is 101 cm³/mol. The Kier molecular flexibility index (Phi) is 5.56. The molecule has 0 fully saturated rings. The molecule has 0 aliphatic carbocycles. The third-order valence-electron chi connectivity index (χ3n) is 3.78. The third-order valence-corrected chi connectivity index (χ3v) is 3.78. The van der Waals surface area contributed by atoms with Crippen molar-refractivity contribution in [2.45, 2.75) is 13.0 Å². The fourth-order valence-corrected chi connectivity index (χ4v) is 2.45. The molecule has 1 aromatic carbocycles. The standard InChI is InChI=1S/C20H20N4O2/c1-15(14-25)22-19(26)10-9-17-13-24(18-7-3-2-4-8-18)23-20(17)16-6-5-11-21-12-16/h2-13,15,25H,14H2,1H3,(H,22,26)/b10-9+. The summed E-state index contributed by atoms with van der Waals surface area (Å²) in [6, 6.07) is 13.2. The van der Waals surface area contributed by atoms with Crippen LogP contribution in [0, 0.1) is 0 Å². The van der Waals surface area contributed by atoms with Crippen LogP contribution in [0.2, 0.25) is 0 Å². The third kappa shape index (κ3) is 4.23. The van der Waals surface area contributed by atoms with E-state index in [1.54, 1.807) is 30.1 Å². The average molecular weight is 348 g/mol. The highest BCUT2D eigenvalue weighted by molar-refractivity contribution is 5.93. The largest absolute Gasteiger partial charge is 0.394 e. The molecule has 2 N–H and O–H groups in total. The predicted octanol–water partition coefficient (Wildman–Crippen LogP) is 2.44. The van der Waals surface area contributed by atoms with Crippen molar-refractivity contribution < 1.29 is 9.90 Å². The van der Waals surface area contributed by atoms with E-state index in [1.165, 1.54) is 6.08 Å². The summed E-state index contributed by atoms with van der Waals surface area (Å²) in [5.41, 5.74) is 3.33. The Morgan fingerprint density at radius 3 is 2.77 bits per heavy atom. The Hall–Kier alpha value is -3.25. The zero-order chi connectivity index (χ0) is 18.4. The number of hydrogen-bond donors (Lipinski definition) is 2. The lowest BCUT2D eigenvalue weighted by atomic mass is 10.1. The number of hydrogen-bond acceptors (Lipinski definition) is 4. The van der Waals surface area contributed by atoms with Gasteiger partial charge in [0.05, 0.1) is 12.3 Å². The molecule has 6 heteroatoms. The van der Waals surface area contributed by atoms with Crippen LogP contribution >= 0.6 is 0 Å². The monoisotopic (exact) mass is 348 g/mol. The summed E-state index contributed by atoms with van der Waals surface area (Å²) >= 11 is 0. The summed E-state index contributed by atoms with van der Waals surface area (Å²) in [4.78, 5) is 16.1. The summed E-state index contributed by atoms with van der Waals surface area (Å²) in [5, 5.41) is 16.4. The van der Waals surface area contributed by atoms with Crippen LogP contribution in [0.3, 0.4) is 0 Å². The number of benzene rings is 1. The molecule has 0 radical (unpaired) electrons. The fourth-order valence-electron chi connectivity index (χ4n) is 2.45. The number of carbonyl (C=O) groups is 1. The normalized spacial score (nSPS) is 12.2. The number of amides is 1. The van der Waals surface area contributed by atoms with Gasteiger partial charge < -0.3 is 10.4 Å². The second kappa shape index (κ2) is 8.22. The van der Waals surface area contributed by atoms with Gasteiger partial charge >= 0.3 is 0 Å². The van der Waals surface area contributed by atoms with Crippen LogP contribution in [-0.4, -0.2) is 38.4 Å². The number of aliphatic hydroxyl groups excluding tert-OH is 1. The smallest absolute Gasteiger partial charge is 0.244 e. The van der Waals surface area contributed by atoms with Gasteiger partial charge in [-0.1, -0.05) is 18.2 Å². The number of nitrogens with one attached hydrogen (secondary N) is 1. The minimum Gasteiger partial charge on any atom is -0.394 e. The van der Waals surface area contributed by atoms with Crippen molar-refractivity contribution in [3.05, 3.63) is 72.7 Å². The Labute approximate surface area is 151 Å². The van der Waals surface area contributed by atoms with Crippen LogP contribution in [0.4, 0.5) is 0 Å². The molecule has 0 bridgehead atoms. The molecular weight excluding hydrogens is 328 g/mol. The molecule has 1 atom stereocenters. The fraction of sp³-hybridized carbons (Fsp3) is 0.150. The van der Waals surface area contributed by atoms with Crippen molar-refractivity contribution in [1.82, 2.24) is 20.1 Å². The second-order valence-corrected chi connectivity index (χ2v) is 5.88. The van der Waals surface area contributed by atoms with Gasteiger partial charge in [-0.25, -0.2) is 4.68 Å². The Morgan fingerprint density at radius 2 is 2.08 bits per heavy atom. The average Bonchev–Trinajstić information content (AvgIpc) is 3.12. The van der Waals surface area contributed by atoms with Gasteiger partial charge in [0.1, 0.15) is 5.69 Å². The lowest BCUT2D eigenvalue weighted by Gasteiger charge is -2.07. The molecule has 132 valence electrons. The summed E-state index contributed by atoms with van der Waals surface area (Å²) in [7, 11) is 0. The molecule has 2 heterocycles. The van der Waals surface area contributed by atoms with Crippen LogP contribution in [0.15, 0.2) is 67.1 Å². The minimum absolute atomic E-state index is 0.105. The van der Waals surface area contributed by atoms with Crippen LogP contribution in [0.5, 0.6) is 0 Å². The van der Waals surface area contributed by atoms with Gasteiger partial charge in [0.2, 0.25) is 5.91 Å². The zero-order valence-corrected chi connectivity index (χ0v) is 14.4. The topological polar surface area (TPSA) is 80.0 Å². The molecule has 6 nitrogen and oxygen atoms in total. The Balaban J connectivity index is 1.95. The molecule has 1 amide bonds. The molecular formula is C20H20N4O2.